The first-order valence-corrected chi connectivity index (χ1v) is 5.21. The van der Waals surface area contributed by atoms with Gasteiger partial charge >= 0.3 is 0 Å². The van der Waals surface area contributed by atoms with Gasteiger partial charge in [0.05, 0.1) is 0 Å². The molecule has 1 rings (SSSR count). The summed E-state index contributed by atoms with van der Waals surface area (Å²) in [5, 5.41) is 0. The first-order valence-electron chi connectivity index (χ1n) is 5.21. The van der Waals surface area contributed by atoms with Crippen molar-refractivity contribution in [2.45, 2.75) is 33.1 Å². The summed E-state index contributed by atoms with van der Waals surface area (Å²) in [6, 6.07) is 7.64. The van der Waals surface area contributed by atoms with Crippen LogP contribution in [0.15, 0.2) is 24.3 Å². The van der Waals surface area contributed by atoms with Gasteiger partial charge in [-0.15, -0.1) is 0 Å². The van der Waals surface area contributed by atoms with Gasteiger partial charge in [-0.3, -0.25) is 9.59 Å². The molecule has 0 bridgehead atoms. The average Bonchev–Trinajstić information content (AvgIpc) is 2.20. The highest BCUT2D eigenvalue weighted by Crippen LogP contribution is 2.11. The molecular formula is C13H16O2. The molecule has 1 aromatic carbocycles. The smallest absolute Gasteiger partial charge is 0.137 e. The van der Waals surface area contributed by atoms with Crippen molar-refractivity contribution in [3.05, 3.63) is 35.4 Å². The molecule has 0 radical (unpaired) electrons. The molecule has 0 unspecified atom stereocenters. The molecule has 0 heterocycles. The molecule has 0 fully saturated rings. The standard InChI is InChI=1S/C13H16O2/c1-3-13(15)9-12-7-5-4-6-11(12)8-10(2)14/h4-7H,3,8-9H2,1-2H3. The summed E-state index contributed by atoms with van der Waals surface area (Å²) in [6.07, 6.45) is 1.42. The van der Waals surface area contributed by atoms with E-state index < -0.39 is 0 Å². The molecular weight excluding hydrogens is 188 g/mol. The normalized spacial score (nSPS) is 10.0. The van der Waals surface area contributed by atoms with Crippen LogP contribution >= 0.6 is 0 Å². The summed E-state index contributed by atoms with van der Waals surface area (Å²) in [4.78, 5) is 22.4. The Bertz CT molecular complexity index is 367. The van der Waals surface area contributed by atoms with Gasteiger partial charge in [0, 0.05) is 19.3 Å². The zero-order valence-corrected chi connectivity index (χ0v) is 9.25. The molecule has 0 N–H and O–H groups in total. The van der Waals surface area contributed by atoms with Crippen LogP contribution < -0.4 is 0 Å². The number of hydrogen-bond donors (Lipinski definition) is 0. The summed E-state index contributed by atoms with van der Waals surface area (Å²) in [5.74, 6) is 0.345. The molecule has 2 heteroatoms. The van der Waals surface area contributed by atoms with E-state index in [1.165, 1.54) is 0 Å². The maximum Gasteiger partial charge on any atom is 0.137 e. The minimum atomic E-state index is 0.131. The van der Waals surface area contributed by atoms with Crippen molar-refractivity contribution >= 4 is 11.6 Å². The summed E-state index contributed by atoms with van der Waals surface area (Å²) in [7, 11) is 0. The van der Waals surface area contributed by atoms with Crippen LogP contribution in [0.2, 0.25) is 0 Å². The predicted molar refractivity (Wildman–Crippen MR) is 59.8 cm³/mol. The van der Waals surface area contributed by atoms with E-state index in [0.717, 1.165) is 11.1 Å². The quantitative estimate of drug-likeness (QED) is 0.737. The number of Topliss-reactive ketones (excluding diaryl/α,β-unsaturated/α-hetero) is 2. The average molecular weight is 204 g/mol. The highest BCUT2D eigenvalue weighted by molar-refractivity contribution is 5.82. The van der Waals surface area contributed by atoms with E-state index in [0.29, 0.717) is 19.3 Å². The number of rotatable bonds is 5. The first-order chi connectivity index (χ1) is 7.13. The molecule has 0 spiro atoms. The Kier molecular flexibility index (Phi) is 4.22. The van der Waals surface area contributed by atoms with E-state index in [2.05, 4.69) is 0 Å². The van der Waals surface area contributed by atoms with E-state index in [4.69, 9.17) is 0 Å². The monoisotopic (exact) mass is 204 g/mol. The van der Waals surface area contributed by atoms with Gasteiger partial charge in [0.1, 0.15) is 11.6 Å². The number of hydrogen-bond acceptors (Lipinski definition) is 2. The molecule has 0 aliphatic carbocycles. The fraction of sp³-hybridized carbons (Fsp3) is 0.385. The molecule has 0 atom stereocenters. The lowest BCUT2D eigenvalue weighted by Crippen LogP contribution is -2.06. The van der Waals surface area contributed by atoms with Crippen LogP contribution in [-0.2, 0) is 22.4 Å². The van der Waals surface area contributed by atoms with Crippen LogP contribution in [-0.4, -0.2) is 11.6 Å². The molecule has 2 nitrogen and oxygen atoms in total. The van der Waals surface area contributed by atoms with Crippen molar-refractivity contribution in [1.29, 1.82) is 0 Å². The van der Waals surface area contributed by atoms with E-state index in [9.17, 15) is 9.59 Å². The Morgan fingerprint density at radius 3 is 2.07 bits per heavy atom. The highest BCUT2D eigenvalue weighted by atomic mass is 16.1. The zero-order chi connectivity index (χ0) is 11.3. The van der Waals surface area contributed by atoms with Gasteiger partial charge in [0.15, 0.2) is 0 Å². The zero-order valence-electron chi connectivity index (χ0n) is 9.25. The van der Waals surface area contributed by atoms with Crippen LogP contribution in [0, 0.1) is 0 Å². The lowest BCUT2D eigenvalue weighted by molar-refractivity contribution is -0.118. The lowest BCUT2D eigenvalue weighted by Gasteiger charge is -2.06. The Morgan fingerprint density at radius 1 is 1.07 bits per heavy atom. The van der Waals surface area contributed by atoms with Crippen molar-refractivity contribution in [2.24, 2.45) is 0 Å². The maximum absolute atomic E-state index is 11.3. The van der Waals surface area contributed by atoms with Gasteiger partial charge < -0.3 is 0 Å². The molecule has 15 heavy (non-hydrogen) atoms. The SMILES string of the molecule is CCC(=O)Cc1ccccc1CC(C)=O. The van der Waals surface area contributed by atoms with Gasteiger partial charge in [0.2, 0.25) is 0 Å². The van der Waals surface area contributed by atoms with E-state index in [1.807, 2.05) is 31.2 Å². The number of carbonyl (C=O) groups excluding carboxylic acids is 2. The Balaban J connectivity index is 2.85. The fourth-order valence-electron chi connectivity index (χ4n) is 1.51. The second-order valence-electron chi connectivity index (χ2n) is 3.72. The van der Waals surface area contributed by atoms with Crippen LogP contribution in [0.3, 0.4) is 0 Å². The van der Waals surface area contributed by atoms with E-state index in [1.54, 1.807) is 6.92 Å². The third-order valence-electron chi connectivity index (χ3n) is 2.34. The Labute approximate surface area is 90.3 Å². The van der Waals surface area contributed by atoms with Gasteiger partial charge in [0.25, 0.3) is 0 Å². The lowest BCUT2D eigenvalue weighted by atomic mass is 9.98. The summed E-state index contributed by atoms with van der Waals surface area (Å²) < 4.78 is 0. The number of ketones is 2. The van der Waals surface area contributed by atoms with Gasteiger partial charge in [-0.1, -0.05) is 31.2 Å². The predicted octanol–water partition coefficient (Wildman–Crippen LogP) is 2.34. The van der Waals surface area contributed by atoms with Crippen molar-refractivity contribution < 1.29 is 9.59 Å². The molecule has 80 valence electrons. The second kappa shape index (κ2) is 5.44. The van der Waals surface area contributed by atoms with Crippen LogP contribution in [0.1, 0.15) is 31.4 Å². The van der Waals surface area contributed by atoms with Gasteiger partial charge in [-0.25, -0.2) is 0 Å². The molecule has 0 saturated heterocycles. The van der Waals surface area contributed by atoms with Gasteiger partial charge in [-0.2, -0.15) is 0 Å². The van der Waals surface area contributed by atoms with Gasteiger partial charge in [-0.05, 0) is 18.1 Å². The highest BCUT2D eigenvalue weighted by Gasteiger charge is 2.07. The Morgan fingerprint density at radius 2 is 1.60 bits per heavy atom. The third kappa shape index (κ3) is 3.66. The number of benzene rings is 1. The number of carbonyl (C=O) groups is 2. The molecule has 0 aromatic heterocycles. The topological polar surface area (TPSA) is 34.1 Å². The van der Waals surface area contributed by atoms with Crippen molar-refractivity contribution in [3.63, 3.8) is 0 Å². The maximum atomic E-state index is 11.3. The Hall–Kier alpha value is -1.44. The van der Waals surface area contributed by atoms with E-state index in [-0.39, 0.29) is 11.6 Å². The summed E-state index contributed by atoms with van der Waals surface area (Å²) in [5.41, 5.74) is 1.96. The third-order valence-corrected chi connectivity index (χ3v) is 2.34. The van der Waals surface area contributed by atoms with Crippen LogP contribution in [0.4, 0.5) is 0 Å². The van der Waals surface area contributed by atoms with Crippen molar-refractivity contribution in [3.8, 4) is 0 Å². The summed E-state index contributed by atoms with van der Waals surface area (Å²) in [6.45, 7) is 3.42. The second-order valence-corrected chi connectivity index (χ2v) is 3.72. The van der Waals surface area contributed by atoms with E-state index >= 15 is 0 Å². The minimum Gasteiger partial charge on any atom is -0.300 e. The fourth-order valence-corrected chi connectivity index (χ4v) is 1.51. The van der Waals surface area contributed by atoms with Crippen molar-refractivity contribution in [2.75, 3.05) is 0 Å². The van der Waals surface area contributed by atoms with Crippen molar-refractivity contribution in [1.82, 2.24) is 0 Å². The molecule has 0 amide bonds. The minimum absolute atomic E-state index is 0.131. The molecule has 0 saturated carbocycles. The molecule has 0 aliphatic rings. The molecule has 0 aliphatic heterocycles. The largest absolute Gasteiger partial charge is 0.300 e. The molecule has 1 aromatic rings. The first kappa shape index (κ1) is 11.6. The van der Waals surface area contributed by atoms with Crippen LogP contribution in [0.25, 0.3) is 0 Å². The van der Waals surface area contributed by atoms with Crippen LogP contribution in [0.5, 0.6) is 0 Å². The summed E-state index contributed by atoms with van der Waals surface area (Å²) >= 11 is 0.